The molecule has 2 aromatic heterocycles. The molecular formula is C14H17N5OS. The Balaban J connectivity index is 2.14. The lowest BCUT2D eigenvalue weighted by Gasteiger charge is -2.10. The maximum Gasteiger partial charge on any atom is 0.288 e. The van der Waals surface area contributed by atoms with Crippen LogP contribution in [-0.4, -0.2) is 26.9 Å². The van der Waals surface area contributed by atoms with E-state index in [9.17, 15) is 4.79 Å². The van der Waals surface area contributed by atoms with E-state index in [2.05, 4.69) is 27.7 Å². The molecule has 110 valence electrons. The molecule has 3 N–H and O–H groups in total. The van der Waals surface area contributed by atoms with Gasteiger partial charge in [-0.05, 0) is 43.8 Å². The molecule has 7 heteroatoms. The number of imidazole rings is 1. The van der Waals surface area contributed by atoms with E-state index in [0.717, 1.165) is 11.2 Å². The van der Waals surface area contributed by atoms with Gasteiger partial charge in [-0.15, -0.1) is 6.58 Å². The maximum absolute atomic E-state index is 12.3. The van der Waals surface area contributed by atoms with Crippen LogP contribution in [-0.2, 0) is 0 Å². The van der Waals surface area contributed by atoms with Gasteiger partial charge in [0, 0.05) is 12.7 Å². The second-order valence-electron chi connectivity index (χ2n) is 4.56. The van der Waals surface area contributed by atoms with Crippen LogP contribution in [0.15, 0.2) is 31.0 Å². The van der Waals surface area contributed by atoms with Crippen molar-refractivity contribution in [2.45, 2.75) is 13.8 Å². The van der Waals surface area contributed by atoms with Crippen molar-refractivity contribution in [2.75, 3.05) is 6.54 Å². The molecule has 0 radical (unpaired) electrons. The summed E-state index contributed by atoms with van der Waals surface area (Å²) in [4.78, 5) is 16.6. The fraction of sp³-hybridized carbons (Fsp3) is 0.214. The van der Waals surface area contributed by atoms with Gasteiger partial charge >= 0.3 is 0 Å². The number of carbonyl (C=O) groups is 1. The lowest BCUT2D eigenvalue weighted by Crippen LogP contribution is -2.47. The fourth-order valence-electron chi connectivity index (χ4n) is 1.92. The van der Waals surface area contributed by atoms with Crippen molar-refractivity contribution in [1.29, 1.82) is 0 Å². The van der Waals surface area contributed by atoms with E-state index in [1.807, 2.05) is 25.3 Å². The molecule has 0 aliphatic heterocycles. The van der Waals surface area contributed by atoms with Crippen molar-refractivity contribution in [1.82, 2.24) is 25.6 Å². The first-order chi connectivity index (χ1) is 10.0. The highest BCUT2D eigenvalue weighted by Gasteiger charge is 2.16. The van der Waals surface area contributed by atoms with Crippen LogP contribution in [0.4, 0.5) is 0 Å². The number of aryl methyl sites for hydroxylation is 2. The quantitative estimate of drug-likeness (QED) is 0.452. The van der Waals surface area contributed by atoms with E-state index in [1.165, 1.54) is 0 Å². The molecule has 0 atom stereocenters. The zero-order chi connectivity index (χ0) is 15.4. The number of pyridine rings is 1. The number of hydrazine groups is 1. The Morgan fingerprint density at radius 2 is 2.24 bits per heavy atom. The molecule has 1 amide bonds. The van der Waals surface area contributed by atoms with Crippen molar-refractivity contribution in [3.8, 4) is 0 Å². The molecule has 0 saturated carbocycles. The van der Waals surface area contributed by atoms with Gasteiger partial charge in [-0.3, -0.25) is 20.0 Å². The molecule has 0 saturated heterocycles. The van der Waals surface area contributed by atoms with Crippen LogP contribution in [0.25, 0.3) is 5.65 Å². The first kappa shape index (κ1) is 15.0. The summed E-state index contributed by atoms with van der Waals surface area (Å²) >= 11 is 5.01. The number of amides is 1. The zero-order valence-corrected chi connectivity index (χ0v) is 12.8. The summed E-state index contributed by atoms with van der Waals surface area (Å²) in [6.45, 7) is 7.87. The third kappa shape index (κ3) is 3.38. The van der Waals surface area contributed by atoms with Crippen LogP contribution in [0.5, 0.6) is 0 Å². The van der Waals surface area contributed by atoms with Crippen molar-refractivity contribution < 1.29 is 4.79 Å². The Labute approximate surface area is 128 Å². The van der Waals surface area contributed by atoms with Crippen LogP contribution < -0.4 is 16.2 Å². The third-order valence-corrected chi connectivity index (χ3v) is 3.11. The predicted octanol–water partition coefficient (Wildman–Crippen LogP) is 1.25. The van der Waals surface area contributed by atoms with Crippen LogP contribution in [0, 0.1) is 13.8 Å². The van der Waals surface area contributed by atoms with Gasteiger partial charge in [0.25, 0.3) is 5.91 Å². The molecule has 0 aliphatic rings. The molecule has 2 heterocycles. The van der Waals surface area contributed by atoms with Gasteiger partial charge in [0.15, 0.2) is 5.11 Å². The summed E-state index contributed by atoms with van der Waals surface area (Å²) in [5.41, 5.74) is 8.16. The third-order valence-electron chi connectivity index (χ3n) is 2.87. The molecule has 2 rings (SSSR count). The summed E-state index contributed by atoms with van der Waals surface area (Å²) in [5, 5.41) is 3.18. The van der Waals surface area contributed by atoms with Gasteiger partial charge in [-0.25, -0.2) is 4.98 Å². The number of hydrogen-bond acceptors (Lipinski definition) is 3. The van der Waals surface area contributed by atoms with E-state index < -0.39 is 0 Å². The second kappa shape index (κ2) is 6.36. The Hall–Kier alpha value is -2.41. The second-order valence-corrected chi connectivity index (χ2v) is 4.96. The average Bonchev–Trinajstić information content (AvgIpc) is 2.77. The van der Waals surface area contributed by atoms with E-state index in [1.54, 1.807) is 17.4 Å². The van der Waals surface area contributed by atoms with Crippen LogP contribution in [0.3, 0.4) is 0 Å². The van der Waals surface area contributed by atoms with Gasteiger partial charge in [0.2, 0.25) is 0 Å². The van der Waals surface area contributed by atoms with E-state index in [0.29, 0.717) is 23.0 Å². The SMILES string of the molecule is C=CCNC(=S)NNC(=O)c1c(C)nc2cc(C)ccn12. The number of nitrogens with one attached hydrogen (secondary N) is 3. The minimum atomic E-state index is -0.299. The number of aromatic nitrogens is 2. The minimum Gasteiger partial charge on any atom is -0.358 e. The molecule has 2 aromatic rings. The number of fused-ring (bicyclic) bond motifs is 1. The Kier molecular flexibility index (Phi) is 4.54. The van der Waals surface area contributed by atoms with Gasteiger partial charge in [0.1, 0.15) is 11.3 Å². The number of rotatable bonds is 3. The number of nitrogens with zero attached hydrogens (tertiary/aromatic N) is 2. The van der Waals surface area contributed by atoms with Crippen LogP contribution in [0.1, 0.15) is 21.7 Å². The monoisotopic (exact) mass is 303 g/mol. The predicted molar refractivity (Wildman–Crippen MR) is 86.1 cm³/mol. The Morgan fingerprint density at radius 3 is 2.95 bits per heavy atom. The Bertz CT molecular complexity index is 707. The van der Waals surface area contributed by atoms with Crippen molar-refractivity contribution >= 4 is 28.9 Å². The molecule has 0 spiro atoms. The number of hydrogen-bond donors (Lipinski definition) is 3. The lowest BCUT2D eigenvalue weighted by molar-refractivity contribution is 0.0937. The highest BCUT2D eigenvalue weighted by atomic mass is 32.1. The standard InChI is InChI=1S/C14H17N5OS/c1-4-6-15-14(21)18-17-13(20)12-10(3)16-11-8-9(2)5-7-19(11)12/h4-5,7-8H,1,6H2,2-3H3,(H,17,20)(H2,15,18,21). The van der Waals surface area contributed by atoms with Crippen molar-refractivity contribution in [3.63, 3.8) is 0 Å². The van der Waals surface area contributed by atoms with E-state index in [4.69, 9.17) is 12.2 Å². The van der Waals surface area contributed by atoms with Gasteiger partial charge in [-0.1, -0.05) is 6.08 Å². The first-order valence-electron chi connectivity index (χ1n) is 6.43. The summed E-state index contributed by atoms with van der Waals surface area (Å²) < 4.78 is 1.75. The van der Waals surface area contributed by atoms with Gasteiger partial charge in [-0.2, -0.15) is 0 Å². The molecule has 0 bridgehead atoms. The summed E-state index contributed by atoms with van der Waals surface area (Å²) in [5.74, 6) is -0.299. The van der Waals surface area contributed by atoms with E-state index in [-0.39, 0.29) is 5.91 Å². The molecule has 0 fully saturated rings. The molecular weight excluding hydrogens is 286 g/mol. The van der Waals surface area contributed by atoms with Crippen LogP contribution >= 0.6 is 12.2 Å². The first-order valence-corrected chi connectivity index (χ1v) is 6.84. The summed E-state index contributed by atoms with van der Waals surface area (Å²) in [7, 11) is 0. The summed E-state index contributed by atoms with van der Waals surface area (Å²) in [6.07, 6.45) is 3.50. The van der Waals surface area contributed by atoms with Gasteiger partial charge in [0.05, 0.1) is 5.69 Å². The fourth-order valence-corrected chi connectivity index (χ4v) is 2.05. The lowest BCUT2D eigenvalue weighted by atomic mass is 10.3. The number of carbonyl (C=O) groups excluding carboxylic acids is 1. The average molecular weight is 303 g/mol. The molecule has 6 nitrogen and oxygen atoms in total. The largest absolute Gasteiger partial charge is 0.358 e. The minimum absolute atomic E-state index is 0.299. The topological polar surface area (TPSA) is 70.5 Å². The summed E-state index contributed by atoms with van der Waals surface area (Å²) in [6, 6.07) is 3.85. The van der Waals surface area contributed by atoms with Gasteiger partial charge < -0.3 is 5.32 Å². The normalized spacial score (nSPS) is 10.2. The van der Waals surface area contributed by atoms with Crippen molar-refractivity contribution in [3.05, 3.63) is 47.9 Å². The smallest absolute Gasteiger partial charge is 0.288 e. The maximum atomic E-state index is 12.3. The Morgan fingerprint density at radius 1 is 1.48 bits per heavy atom. The van der Waals surface area contributed by atoms with Crippen molar-refractivity contribution in [2.24, 2.45) is 0 Å². The van der Waals surface area contributed by atoms with E-state index >= 15 is 0 Å². The van der Waals surface area contributed by atoms with Crippen LogP contribution in [0.2, 0.25) is 0 Å². The molecule has 0 aliphatic carbocycles. The molecule has 0 aromatic carbocycles. The zero-order valence-electron chi connectivity index (χ0n) is 11.9. The molecule has 21 heavy (non-hydrogen) atoms. The number of thiocarbonyl (C=S) groups is 1. The highest BCUT2D eigenvalue weighted by Crippen LogP contribution is 2.13. The highest BCUT2D eigenvalue weighted by molar-refractivity contribution is 7.80. The molecule has 0 unspecified atom stereocenters.